The van der Waals surface area contributed by atoms with E-state index in [0.717, 1.165) is 12.1 Å². The van der Waals surface area contributed by atoms with E-state index < -0.39 is 0 Å². The number of hydrogen-bond acceptors (Lipinski definition) is 1. The quantitative estimate of drug-likeness (QED) is 0.810. The predicted molar refractivity (Wildman–Crippen MR) is 81.7 cm³/mol. The number of hydrogen-bond donors (Lipinski definition) is 0. The molecule has 3 rings (SSSR count). The smallest absolute Gasteiger partial charge is 0.230 e. The number of nitrogens with zero attached hydrogens (tertiary/aromatic N) is 1. The fourth-order valence-corrected chi connectivity index (χ4v) is 2.83. The summed E-state index contributed by atoms with van der Waals surface area (Å²) >= 11 is 0. The largest absolute Gasteiger partial charge is 0.307 e. The minimum Gasteiger partial charge on any atom is -0.307 e. The molecule has 20 heavy (non-hydrogen) atoms. The van der Waals surface area contributed by atoms with Crippen molar-refractivity contribution in [3.8, 4) is 0 Å². The van der Waals surface area contributed by atoms with Crippen LogP contribution in [0.25, 0.3) is 0 Å². The lowest BCUT2D eigenvalue weighted by atomic mass is 9.92. The summed E-state index contributed by atoms with van der Waals surface area (Å²) in [5.74, 6) is 0.292. The lowest BCUT2D eigenvalue weighted by molar-refractivity contribution is -0.122. The van der Waals surface area contributed by atoms with E-state index in [0.29, 0.717) is 6.54 Å². The lowest BCUT2D eigenvalue weighted by Crippen LogP contribution is -2.39. The Morgan fingerprint density at radius 1 is 1.15 bits per heavy atom. The zero-order chi connectivity index (χ0) is 14.1. The maximum atomic E-state index is 12.5. The average molecular weight is 265 g/mol. The summed E-state index contributed by atoms with van der Waals surface area (Å²) in [5.41, 5.74) is 4.72. The fraction of sp³-hybridized carbons (Fsp3) is 0.278. The molecule has 1 aliphatic rings. The molecule has 0 radical (unpaired) electrons. The third-order valence-electron chi connectivity index (χ3n) is 3.93. The molecule has 2 nitrogen and oxygen atoms in total. The van der Waals surface area contributed by atoms with Crippen LogP contribution >= 0.6 is 0 Å². The van der Waals surface area contributed by atoms with Crippen molar-refractivity contribution in [2.24, 2.45) is 5.92 Å². The van der Waals surface area contributed by atoms with Gasteiger partial charge in [0.25, 0.3) is 0 Å². The van der Waals surface area contributed by atoms with E-state index in [1.165, 1.54) is 16.7 Å². The Morgan fingerprint density at radius 3 is 2.65 bits per heavy atom. The van der Waals surface area contributed by atoms with Crippen LogP contribution in [0.15, 0.2) is 48.5 Å². The molecule has 0 spiro atoms. The Kier molecular flexibility index (Phi) is 3.31. The first-order valence-electron chi connectivity index (χ1n) is 7.10. The van der Waals surface area contributed by atoms with Crippen LogP contribution in [0.5, 0.6) is 0 Å². The molecule has 2 heteroatoms. The van der Waals surface area contributed by atoms with Gasteiger partial charge in [-0.15, -0.1) is 0 Å². The standard InChI is InChI=1S/C18H19NO/c1-13-8-9-16-11-14(2)18(20)19(17(16)10-13)12-15-6-4-3-5-7-15/h3-10,14H,11-12H2,1-2H3. The van der Waals surface area contributed by atoms with Crippen LogP contribution in [0, 0.1) is 12.8 Å². The molecule has 0 bridgehead atoms. The van der Waals surface area contributed by atoms with Gasteiger partial charge >= 0.3 is 0 Å². The lowest BCUT2D eigenvalue weighted by Gasteiger charge is -2.33. The number of benzene rings is 2. The Bertz CT molecular complexity index is 633. The fourth-order valence-electron chi connectivity index (χ4n) is 2.83. The van der Waals surface area contributed by atoms with E-state index in [9.17, 15) is 4.79 Å². The van der Waals surface area contributed by atoms with Gasteiger partial charge in [0.05, 0.1) is 6.54 Å². The minimum atomic E-state index is 0.0638. The Labute approximate surface area is 120 Å². The second kappa shape index (κ2) is 5.12. The van der Waals surface area contributed by atoms with Crippen LogP contribution in [0.3, 0.4) is 0 Å². The predicted octanol–water partition coefficient (Wildman–Crippen LogP) is 3.72. The number of carbonyl (C=O) groups excluding carboxylic acids is 1. The van der Waals surface area contributed by atoms with E-state index in [-0.39, 0.29) is 11.8 Å². The molecule has 0 N–H and O–H groups in total. The van der Waals surface area contributed by atoms with E-state index in [1.807, 2.05) is 30.0 Å². The van der Waals surface area contributed by atoms with Gasteiger partial charge in [-0.1, -0.05) is 49.4 Å². The maximum Gasteiger partial charge on any atom is 0.230 e. The molecular weight excluding hydrogens is 246 g/mol. The molecule has 102 valence electrons. The summed E-state index contributed by atoms with van der Waals surface area (Å²) in [7, 11) is 0. The number of fused-ring (bicyclic) bond motifs is 1. The highest BCUT2D eigenvalue weighted by Gasteiger charge is 2.29. The van der Waals surface area contributed by atoms with E-state index in [1.54, 1.807) is 0 Å². The zero-order valence-electron chi connectivity index (χ0n) is 12.0. The Balaban J connectivity index is 2.00. The van der Waals surface area contributed by atoms with Gasteiger partial charge in [0.2, 0.25) is 5.91 Å². The molecule has 1 unspecified atom stereocenters. The normalized spacial score (nSPS) is 18.0. The van der Waals surface area contributed by atoms with Gasteiger partial charge < -0.3 is 4.90 Å². The molecule has 0 saturated carbocycles. The van der Waals surface area contributed by atoms with Crippen LogP contribution in [0.4, 0.5) is 5.69 Å². The van der Waals surface area contributed by atoms with Crippen molar-refractivity contribution >= 4 is 11.6 Å². The summed E-state index contributed by atoms with van der Waals surface area (Å²) in [4.78, 5) is 14.5. The third-order valence-corrected chi connectivity index (χ3v) is 3.93. The molecular formula is C18H19NO. The molecule has 0 aromatic heterocycles. The van der Waals surface area contributed by atoms with Gasteiger partial charge in [-0.3, -0.25) is 4.79 Å². The first-order chi connectivity index (χ1) is 9.65. The number of carbonyl (C=O) groups is 1. The van der Waals surface area contributed by atoms with Crippen molar-refractivity contribution in [1.29, 1.82) is 0 Å². The number of rotatable bonds is 2. The van der Waals surface area contributed by atoms with Crippen LogP contribution in [-0.2, 0) is 17.8 Å². The highest BCUT2D eigenvalue weighted by molar-refractivity contribution is 5.97. The van der Waals surface area contributed by atoms with Gasteiger partial charge in [0, 0.05) is 11.6 Å². The van der Waals surface area contributed by atoms with Gasteiger partial charge in [0.15, 0.2) is 0 Å². The second-order valence-corrected chi connectivity index (χ2v) is 5.65. The first-order valence-corrected chi connectivity index (χ1v) is 7.10. The van der Waals surface area contributed by atoms with Crippen molar-refractivity contribution in [3.63, 3.8) is 0 Å². The van der Waals surface area contributed by atoms with Crippen LogP contribution in [-0.4, -0.2) is 5.91 Å². The topological polar surface area (TPSA) is 20.3 Å². The number of aryl methyl sites for hydroxylation is 1. The second-order valence-electron chi connectivity index (χ2n) is 5.65. The molecule has 2 aromatic rings. The first kappa shape index (κ1) is 12.9. The molecule has 2 aromatic carbocycles. The molecule has 0 saturated heterocycles. The number of amides is 1. The molecule has 1 aliphatic heterocycles. The van der Waals surface area contributed by atoms with Gasteiger partial charge in [0.1, 0.15) is 0 Å². The minimum absolute atomic E-state index is 0.0638. The third kappa shape index (κ3) is 2.34. The zero-order valence-corrected chi connectivity index (χ0v) is 12.0. The molecule has 0 fully saturated rings. The summed E-state index contributed by atoms with van der Waals surface area (Å²) < 4.78 is 0. The van der Waals surface area contributed by atoms with Crippen molar-refractivity contribution in [3.05, 3.63) is 65.2 Å². The van der Waals surface area contributed by atoms with Crippen molar-refractivity contribution < 1.29 is 4.79 Å². The van der Waals surface area contributed by atoms with Gasteiger partial charge in [-0.25, -0.2) is 0 Å². The van der Waals surface area contributed by atoms with Crippen LogP contribution < -0.4 is 4.90 Å². The number of anilines is 1. The highest BCUT2D eigenvalue weighted by Crippen LogP contribution is 2.32. The average Bonchev–Trinajstić information content (AvgIpc) is 2.46. The Morgan fingerprint density at radius 2 is 1.90 bits per heavy atom. The van der Waals surface area contributed by atoms with Gasteiger partial charge in [-0.05, 0) is 36.1 Å². The molecule has 1 amide bonds. The van der Waals surface area contributed by atoms with E-state index in [2.05, 4.69) is 37.3 Å². The summed E-state index contributed by atoms with van der Waals surface area (Å²) in [6.45, 7) is 4.74. The molecule has 0 aliphatic carbocycles. The van der Waals surface area contributed by atoms with Crippen molar-refractivity contribution in [1.82, 2.24) is 0 Å². The van der Waals surface area contributed by atoms with Crippen LogP contribution in [0.2, 0.25) is 0 Å². The highest BCUT2D eigenvalue weighted by atomic mass is 16.2. The van der Waals surface area contributed by atoms with E-state index in [4.69, 9.17) is 0 Å². The van der Waals surface area contributed by atoms with Crippen molar-refractivity contribution in [2.75, 3.05) is 4.90 Å². The summed E-state index contributed by atoms with van der Waals surface area (Å²) in [6.07, 6.45) is 0.847. The van der Waals surface area contributed by atoms with Crippen LogP contribution in [0.1, 0.15) is 23.6 Å². The molecule has 1 atom stereocenters. The summed E-state index contributed by atoms with van der Waals surface area (Å²) in [6, 6.07) is 16.6. The van der Waals surface area contributed by atoms with Gasteiger partial charge in [-0.2, -0.15) is 0 Å². The maximum absolute atomic E-state index is 12.5. The molecule has 1 heterocycles. The van der Waals surface area contributed by atoms with E-state index >= 15 is 0 Å². The monoisotopic (exact) mass is 265 g/mol. The Hall–Kier alpha value is -2.09. The van der Waals surface area contributed by atoms with Crippen molar-refractivity contribution in [2.45, 2.75) is 26.8 Å². The summed E-state index contributed by atoms with van der Waals surface area (Å²) in [5, 5.41) is 0. The SMILES string of the molecule is Cc1ccc2c(c1)N(Cc1ccccc1)C(=O)C(C)C2.